The molecule has 2 amide bonds. The smallest absolute Gasteiger partial charge is 0.281 e. The van der Waals surface area contributed by atoms with Crippen LogP contribution in [0.1, 0.15) is 39.5 Å². The van der Waals surface area contributed by atoms with Gasteiger partial charge in [-0.2, -0.15) is 5.10 Å². The van der Waals surface area contributed by atoms with E-state index in [4.69, 9.17) is 11.6 Å². The molecule has 2 aromatic rings. The van der Waals surface area contributed by atoms with Crippen molar-refractivity contribution in [3.8, 4) is 0 Å². The van der Waals surface area contributed by atoms with Crippen molar-refractivity contribution >= 4 is 46.5 Å². The summed E-state index contributed by atoms with van der Waals surface area (Å²) in [6, 6.07) is 3.79. The maximum Gasteiger partial charge on any atom is 0.290 e. The van der Waals surface area contributed by atoms with Crippen LogP contribution in [0.5, 0.6) is 0 Å². The summed E-state index contributed by atoms with van der Waals surface area (Å²) in [7, 11) is 0. The van der Waals surface area contributed by atoms with Gasteiger partial charge in [0.15, 0.2) is 5.69 Å². The molecule has 1 aliphatic rings. The Balaban J connectivity index is 1.42. The maximum atomic E-state index is 12.2. The largest absolute Gasteiger partial charge is 0.290 e. The molecule has 6 nitrogen and oxygen atoms in total. The second-order valence-electron chi connectivity index (χ2n) is 5.44. The van der Waals surface area contributed by atoms with Gasteiger partial charge in [-0.3, -0.25) is 25.5 Å². The van der Waals surface area contributed by atoms with Gasteiger partial charge in [0.05, 0.1) is 10.1 Å². The number of rotatable bonds is 5. The van der Waals surface area contributed by atoms with Crippen molar-refractivity contribution in [1.29, 1.82) is 0 Å². The fraction of sp³-hybridized carbons (Fsp3) is 0.400. The second-order valence-corrected chi connectivity index (χ2v) is 8.22. The molecular weight excluding hydrogens is 368 g/mol. The summed E-state index contributed by atoms with van der Waals surface area (Å²) in [6.07, 6.45) is 3.94. The van der Waals surface area contributed by atoms with Crippen LogP contribution in [0.4, 0.5) is 0 Å². The Kier molecular flexibility index (Phi) is 5.80. The van der Waals surface area contributed by atoms with E-state index in [1.165, 1.54) is 23.1 Å². The van der Waals surface area contributed by atoms with Gasteiger partial charge in [-0.05, 0) is 37.8 Å². The number of thioether (sulfide) groups is 1. The van der Waals surface area contributed by atoms with E-state index in [1.54, 1.807) is 0 Å². The minimum atomic E-state index is -0.377. The van der Waals surface area contributed by atoms with Crippen LogP contribution < -0.4 is 10.9 Å². The molecule has 0 fully saturated rings. The van der Waals surface area contributed by atoms with Gasteiger partial charge < -0.3 is 0 Å². The maximum absolute atomic E-state index is 12.2. The van der Waals surface area contributed by atoms with Gasteiger partial charge in [0.2, 0.25) is 5.91 Å². The van der Waals surface area contributed by atoms with Gasteiger partial charge in [0.25, 0.3) is 5.91 Å². The van der Waals surface area contributed by atoms with Crippen LogP contribution in [0.25, 0.3) is 0 Å². The van der Waals surface area contributed by atoms with Crippen molar-refractivity contribution in [1.82, 2.24) is 21.0 Å². The molecule has 3 N–H and O–H groups in total. The molecule has 0 saturated heterocycles. The Hall–Kier alpha value is -1.51. The van der Waals surface area contributed by atoms with Crippen molar-refractivity contribution in [2.45, 2.75) is 31.4 Å². The number of fused-ring (bicyclic) bond motifs is 1. The lowest BCUT2D eigenvalue weighted by Gasteiger charge is -2.11. The summed E-state index contributed by atoms with van der Waals surface area (Å²) in [5.41, 5.74) is 7.25. The number of thiophene rings is 1. The molecule has 0 atom stereocenters. The van der Waals surface area contributed by atoms with Gasteiger partial charge in [-0.15, -0.1) is 23.1 Å². The van der Waals surface area contributed by atoms with Crippen LogP contribution in [0, 0.1) is 0 Å². The molecule has 2 aromatic heterocycles. The molecule has 1 aliphatic carbocycles. The Morgan fingerprint density at radius 2 is 2.12 bits per heavy atom. The SMILES string of the molecule is O=C(CSCc1ccc(Cl)s1)NNC(=O)c1n[nH]c2c1CCCC2. The summed E-state index contributed by atoms with van der Waals surface area (Å²) in [4.78, 5) is 25.1. The topological polar surface area (TPSA) is 86.9 Å². The van der Waals surface area contributed by atoms with Crippen molar-refractivity contribution < 1.29 is 9.59 Å². The summed E-state index contributed by atoms with van der Waals surface area (Å²) in [5.74, 6) is 0.346. The number of nitrogens with one attached hydrogen (secondary N) is 3. The lowest BCUT2D eigenvalue weighted by Crippen LogP contribution is -2.43. The highest BCUT2D eigenvalue weighted by Crippen LogP contribution is 2.25. The minimum absolute atomic E-state index is 0.250. The second kappa shape index (κ2) is 8.04. The average Bonchev–Trinajstić information content (AvgIpc) is 3.19. The van der Waals surface area contributed by atoms with Crippen LogP contribution in [0.2, 0.25) is 4.34 Å². The molecule has 0 unspecified atom stereocenters. The summed E-state index contributed by atoms with van der Waals surface area (Å²) in [5, 5.41) is 6.99. The van der Waals surface area contributed by atoms with E-state index in [0.29, 0.717) is 11.4 Å². The number of aryl methyl sites for hydroxylation is 1. The number of nitrogens with zero attached hydrogens (tertiary/aromatic N) is 1. The third-order valence-corrected chi connectivity index (χ3v) is 6.09. The molecular formula is C15H17ClN4O2S2. The Bertz CT molecular complexity index is 744. The van der Waals surface area contributed by atoms with Crippen LogP contribution in [-0.4, -0.2) is 27.8 Å². The standard InChI is InChI=1S/C15H17ClN4O2S2/c16-12-6-5-9(24-12)7-23-8-13(21)18-20-15(22)14-10-3-1-2-4-11(10)17-19-14/h5-6H,1-4,7-8H2,(H,17,19)(H,18,21)(H,20,22). The number of carbonyl (C=O) groups is 2. The van der Waals surface area contributed by atoms with E-state index in [9.17, 15) is 9.59 Å². The lowest BCUT2D eigenvalue weighted by molar-refractivity contribution is -0.119. The quantitative estimate of drug-likeness (QED) is 0.692. The van der Waals surface area contributed by atoms with E-state index in [2.05, 4.69) is 21.0 Å². The highest BCUT2D eigenvalue weighted by atomic mass is 35.5. The van der Waals surface area contributed by atoms with Crippen molar-refractivity contribution in [3.05, 3.63) is 38.3 Å². The average molecular weight is 385 g/mol. The normalized spacial score (nSPS) is 13.4. The monoisotopic (exact) mass is 384 g/mol. The Morgan fingerprint density at radius 1 is 1.29 bits per heavy atom. The first-order chi connectivity index (χ1) is 11.6. The van der Waals surface area contributed by atoms with Crippen LogP contribution in [-0.2, 0) is 23.4 Å². The number of halogens is 1. The number of carbonyl (C=O) groups excluding carboxylic acids is 2. The highest BCUT2D eigenvalue weighted by molar-refractivity contribution is 7.99. The zero-order chi connectivity index (χ0) is 16.9. The molecule has 128 valence electrons. The van der Waals surface area contributed by atoms with E-state index in [0.717, 1.165) is 46.2 Å². The summed E-state index contributed by atoms with van der Waals surface area (Å²) < 4.78 is 0.740. The highest BCUT2D eigenvalue weighted by Gasteiger charge is 2.21. The molecule has 0 aliphatic heterocycles. The number of hydrogen-bond donors (Lipinski definition) is 3. The Labute approximate surface area is 152 Å². The number of aromatic nitrogens is 2. The third-order valence-electron chi connectivity index (χ3n) is 3.69. The van der Waals surface area contributed by atoms with E-state index in [-0.39, 0.29) is 17.6 Å². The molecule has 3 rings (SSSR count). The van der Waals surface area contributed by atoms with Gasteiger partial charge >= 0.3 is 0 Å². The van der Waals surface area contributed by atoms with Crippen molar-refractivity contribution in [2.75, 3.05) is 5.75 Å². The first-order valence-electron chi connectivity index (χ1n) is 7.60. The number of hydrazine groups is 1. The van der Waals surface area contributed by atoms with Crippen LogP contribution in [0.15, 0.2) is 12.1 Å². The number of amides is 2. The van der Waals surface area contributed by atoms with E-state index in [1.807, 2.05) is 12.1 Å². The first kappa shape index (κ1) is 17.3. The molecule has 24 heavy (non-hydrogen) atoms. The van der Waals surface area contributed by atoms with Crippen molar-refractivity contribution in [2.24, 2.45) is 0 Å². The molecule has 0 spiro atoms. The lowest BCUT2D eigenvalue weighted by atomic mass is 9.96. The molecule has 0 radical (unpaired) electrons. The third kappa shape index (κ3) is 4.31. The van der Waals surface area contributed by atoms with Gasteiger partial charge in [-0.1, -0.05) is 11.6 Å². The predicted molar refractivity (Wildman–Crippen MR) is 96.3 cm³/mol. The molecule has 0 saturated carbocycles. The zero-order valence-corrected chi connectivity index (χ0v) is 15.2. The Morgan fingerprint density at radius 3 is 2.92 bits per heavy atom. The molecule has 0 aromatic carbocycles. The molecule has 2 heterocycles. The summed E-state index contributed by atoms with van der Waals surface area (Å²) >= 11 is 8.83. The predicted octanol–water partition coefficient (Wildman–Crippen LogP) is 2.70. The fourth-order valence-corrected chi connectivity index (χ4v) is 4.59. The van der Waals surface area contributed by atoms with Gasteiger partial charge in [-0.25, -0.2) is 0 Å². The van der Waals surface area contributed by atoms with E-state index >= 15 is 0 Å². The summed E-state index contributed by atoms with van der Waals surface area (Å²) in [6.45, 7) is 0. The van der Waals surface area contributed by atoms with Crippen LogP contribution in [0.3, 0.4) is 0 Å². The minimum Gasteiger partial charge on any atom is -0.281 e. The zero-order valence-electron chi connectivity index (χ0n) is 12.9. The van der Waals surface area contributed by atoms with Gasteiger partial charge in [0, 0.05) is 21.9 Å². The number of H-pyrrole nitrogens is 1. The van der Waals surface area contributed by atoms with Crippen molar-refractivity contribution in [3.63, 3.8) is 0 Å². The fourth-order valence-electron chi connectivity index (χ4n) is 2.56. The molecule has 0 bridgehead atoms. The van der Waals surface area contributed by atoms with Gasteiger partial charge in [0.1, 0.15) is 0 Å². The number of aromatic amines is 1. The number of hydrogen-bond acceptors (Lipinski definition) is 5. The van der Waals surface area contributed by atoms with Crippen LogP contribution >= 0.6 is 34.7 Å². The molecule has 9 heteroatoms. The van der Waals surface area contributed by atoms with E-state index < -0.39 is 0 Å². The first-order valence-corrected chi connectivity index (χ1v) is 9.95.